The zero-order valence-corrected chi connectivity index (χ0v) is 59.1. The molecule has 0 heterocycles. The van der Waals surface area contributed by atoms with Gasteiger partial charge >= 0.3 is 39.5 Å². The lowest BCUT2D eigenvalue weighted by molar-refractivity contribution is -0.161. The van der Waals surface area contributed by atoms with E-state index < -0.39 is 97.5 Å². The molecule has 0 fully saturated rings. The summed E-state index contributed by atoms with van der Waals surface area (Å²) in [7, 11) is -9.90. The van der Waals surface area contributed by atoms with Gasteiger partial charge < -0.3 is 33.8 Å². The summed E-state index contributed by atoms with van der Waals surface area (Å²) in [5.74, 6) is 0.744. The molecule has 0 aromatic carbocycles. The van der Waals surface area contributed by atoms with Crippen molar-refractivity contribution >= 4 is 39.5 Å². The van der Waals surface area contributed by atoms with E-state index in [2.05, 4.69) is 55.4 Å². The zero-order chi connectivity index (χ0) is 65.4. The first kappa shape index (κ1) is 86.1. The highest BCUT2D eigenvalue weighted by molar-refractivity contribution is 7.47. The van der Waals surface area contributed by atoms with Crippen LogP contribution in [0.2, 0.25) is 0 Å². The van der Waals surface area contributed by atoms with Crippen LogP contribution in [0.3, 0.4) is 0 Å². The summed E-state index contributed by atoms with van der Waals surface area (Å²) in [4.78, 5) is 72.3. The van der Waals surface area contributed by atoms with Crippen molar-refractivity contribution in [3.05, 3.63) is 0 Å². The summed E-state index contributed by atoms with van der Waals surface area (Å²) in [6, 6.07) is 0. The number of aliphatic hydroxyl groups is 1. The average Bonchev–Trinajstić information content (AvgIpc) is 3.63. The SMILES string of the molecule is CC(C)CCCCCCCCCCCCCCCCCCC(=O)OC[C@H](COP(=O)(O)OCC(O)COP(=O)(O)OC[C@@H](COC(=O)CCCCCCCCCC(C)C)OC(=O)CCCCCCCCC(C)C)OC(=O)CCCCCCCCCC(C)C. The molecule has 0 aromatic rings. The molecule has 19 heteroatoms. The van der Waals surface area contributed by atoms with Crippen molar-refractivity contribution in [2.45, 2.75) is 356 Å². The van der Waals surface area contributed by atoms with Crippen molar-refractivity contribution in [1.29, 1.82) is 0 Å². The zero-order valence-electron chi connectivity index (χ0n) is 57.3. The Labute approximate surface area is 537 Å². The van der Waals surface area contributed by atoms with Gasteiger partial charge in [0.1, 0.15) is 19.3 Å². The summed E-state index contributed by atoms with van der Waals surface area (Å²) in [6.07, 6.45) is 40.8. The second kappa shape index (κ2) is 58.8. The van der Waals surface area contributed by atoms with Gasteiger partial charge in [0, 0.05) is 25.7 Å². The highest BCUT2D eigenvalue weighted by atomic mass is 31.2. The highest BCUT2D eigenvalue weighted by Gasteiger charge is 2.30. The van der Waals surface area contributed by atoms with Gasteiger partial charge in [-0.1, -0.05) is 287 Å². The van der Waals surface area contributed by atoms with Crippen LogP contribution in [-0.4, -0.2) is 96.7 Å². The first-order valence-electron chi connectivity index (χ1n) is 35.7. The van der Waals surface area contributed by atoms with Crippen LogP contribution in [0.1, 0.15) is 338 Å². The van der Waals surface area contributed by atoms with Crippen LogP contribution >= 0.6 is 15.6 Å². The predicted octanol–water partition coefficient (Wildman–Crippen LogP) is 19.3. The van der Waals surface area contributed by atoms with Gasteiger partial charge in [-0.3, -0.25) is 37.3 Å². The van der Waals surface area contributed by atoms with E-state index in [4.69, 9.17) is 37.0 Å². The Bertz CT molecular complexity index is 1750. The molecule has 0 amide bonds. The van der Waals surface area contributed by atoms with Gasteiger partial charge in [-0.25, -0.2) is 9.13 Å². The fourth-order valence-electron chi connectivity index (χ4n) is 10.3. The molecule has 0 aromatic heterocycles. The van der Waals surface area contributed by atoms with E-state index in [0.29, 0.717) is 43.4 Å². The lowest BCUT2D eigenvalue weighted by Crippen LogP contribution is -2.30. The van der Waals surface area contributed by atoms with Crippen LogP contribution < -0.4 is 0 Å². The fourth-order valence-corrected chi connectivity index (χ4v) is 11.9. The number of rotatable bonds is 66. The summed E-state index contributed by atoms with van der Waals surface area (Å²) >= 11 is 0. The predicted molar refractivity (Wildman–Crippen MR) is 354 cm³/mol. The fraction of sp³-hybridized carbons (Fsp3) is 0.942. The molecule has 0 spiro atoms. The summed E-state index contributed by atoms with van der Waals surface area (Å²) < 4.78 is 68.1. The molecule has 88 heavy (non-hydrogen) atoms. The third kappa shape index (κ3) is 62.8. The Balaban J connectivity index is 5.15. The molecule has 5 atom stereocenters. The topological polar surface area (TPSA) is 237 Å². The van der Waals surface area contributed by atoms with E-state index >= 15 is 0 Å². The van der Waals surface area contributed by atoms with E-state index in [1.54, 1.807) is 0 Å². The number of carbonyl (C=O) groups excluding carboxylic acids is 4. The molecule has 0 saturated carbocycles. The van der Waals surface area contributed by atoms with Crippen molar-refractivity contribution < 1.29 is 80.2 Å². The van der Waals surface area contributed by atoms with E-state index in [9.17, 15) is 43.2 Å². The molecule has 0 aliphatic rings. The summed E-state index contributed by atoms with van der Waals surface area (Å²) in [5.41, 5.74) is 0. The summed E-state index contributed by atoms with van der Waals surface area (Å²) in [6.45, 7) is 14.0. The molecule has 0 rings (SSSR count). The molecular weight excluding hydrogens is 1160 g/mol. The molecule has 3 unspecified atom stereocenters. The molecule has 0 aliphatic heterocycles. The number of hydrogen-bond donors (Lipinski definition) is 3. The van der Waals surface area contributed by atoms with Crippen LogP contribution in [0.4, 0.5) is 0 Å². The van der Waals surface area contributed by atoms with Gasteiger partial charge in [-0.05, 0) is 49.4 Å². The maximum absolute atomic E-state index is 13.0. The molecule has 0 bridgehead atoms. The number of phosphoric ester groups is 2. The van der Waals surface area contributed by atoms with Crippen molar-refractivity contribution in [3.63, 3.8) is 0 Å². The van der Waals surface area contributed by atoms with Crippen LogP contribution in [-0.2, 0) is 65.4 Å². The Morgan fingerprint density at radius 1 is 0.284 bits per heavy atom. The van der Waals surface area contributed by atoms with Crippen molar-refractivity contribution in [2.24, 2.45) is 23.7 Å². The maximum Gasteiger partial charge on any atom is 0.472 e. The third-order valence-electron chi connectivity index (χ3n) is 15.8. The molecule has 3 N–H and O–H groups in total. The Hall–Kier alpha value is -1.94. The molecule has 522 valence electrons. The first-order chi connectivity index (χ1) is 42.1. The number of unbranched alkanes of at least 4 members (excludes halogenated alkanes) is 32. The number of esters is 4. The van der Waals surface area contributed by atoms with Gasteiger partial charge in [-0.15, -0.1) is 0 Å². The number of phosphoric acid groups is 2. The second-order valence-electron chi connectivity index (χ2n) is 26.8. The number of ether oxygens (including phenoxy) is 4. The lowest BCUT2D eigenvalue weighted by Gasteiger charge is -2.21. The van der Waals surface area contributed by atoms with E-state index in [1.807, 2.05) is 0 Å². The van der Waals surface area contributed by atoms with Crippen molar-refractivity contribution in [3.8, 4) is 0 Å². The third-order valence-corrected chi connectivity index (χ3v) is 17.7. The summed E-state index contributed by atoms with van der Waals surface area (Å²) in [5, 5.41) is 10.6. The quantitative estimate of drug-likeness (QED) is 0.0222. The minimum absolute atomic E-state index is 0.101. The Morgan fingerprint density at radius 2 is 0.477 bits per heavy atom. The van der Waals surface area contributed by atoms with Crippen LogP contribution in [0.15, 0.2) is 0 Å². The molecule has 0 saturated heterocycles. The van der Waals surface area contributed by atoms with Crippen LogP contribution in [0.25, 0.3) is 0 Å². The monoisotopic (exact) mass is 1300 g/mol. The second-order valence-corrected chi connectivity index (χ2v) is 29.7. The van der Waals surface area contributed by atoms with E-state index in [-0.39, 0.29) is 25.7 Å². The molecule has 0 aliphatic carbocycles. The molecular formula is C69H134O17P2. The van der Waals surface area contributed by atoms with Crippen molar-refractivity contribution in [1.82, 2.24) is 0 Å². The van der Waals surface area contributed by atoms with E-state index in [1.165, 1.54) is 135 Å². The van der Waals surface area contributed by atoms with E-state index in [0.717, 1.165) is 102 Å². The van der Waals surface area contributed by atoms with Gasteiger partial charge in [0.15, 0.2) is 12.2 Å². The minimum Gasteiger partial charge on any atom is -0.462 e. The molecule has 17 nitrogen and oxygen atoms in total. The Kier molecular flexibility index (Phi) is 57.6. The maximum atomic E-state index is 13.0. The average molecular weight is 1300 g/mol. The smallest absolute Gasteiger partial charge is 0.462 e. The standard InChI is InChI=1S/C69H134O17P2/c1-59(2)45-37-29-21-17-15-13-11-9-10-12-14-16-18-24-33-41-49-66(71)79-55-64(85-68(73)51-43-35-26-20-23-31-39-47-61(5)6)57-83-87(75,76)81-53-63(70)54-82-88(77,78)84-58-65(86-69(74)52-44-36-28-27-32-40-48-62(7)8)56-80-67(72)50-42-34-25-19-22-30-38-46-60(3)4/h59-65,70H,9-58H2,1-8H3,(H,75,76)(H,77,78)/t63?,64-,65-/m1/s1. The normalized spacial score (nSPS) is 14.3. The van der Waals surface area contributed by atoms with Crippen LogP contribution in [0, 0.1) is 23.7 Å². The van der Waals surface area contributed by atoms with Crippen molar-refractivity contribution in [2.75, 3.05) is 39.6 Å². The van der Waals surface area contributed by atoms with Gasteiger partial charge in [0.2, 0.25) is 0 Å². The van der Waals surface area contributed by atoms with Gasteiger partial charge in [0.25, 0.3) is 0 Å². The minimum atomic E-state index is -4.95. The molecule has 0 radical (unpaired) electrons. The first-order valence-corrected chi connectivity index (χ1v) is 38.7. The Morgan fingerprint density at radius 3 is 0.705 bits per heavy atom. The van der Waals surface area contributed by atoms with Gasteiger partial charge in [0.05, 0.1) is 26.4 Å². The number of hydrogen-bond acceptors (Lipinski definition) is 15. The number of aliphatic hydroxyl groups excluding tert-OH is 1. The largest absolute Gasteiger partial charge is 0.472 e. The highest BCUT2D eigenvalue weighted by Crippen LogP contribution is 2.45. The number of carbonyl (C=O) groups is 4. The lowest BCUT2D eigenvalue weighted by atomic mass is 10.0. The van der Waals surface area contributed by atoms with Crippen LogP contribution in [0.5, 0.6) is 0 Å². The van der Waals surface area contributed by atoms with Gasteiger partial charge in [-0.2, -0.15) is 0 Å².